The lowest BCUT2D eigenvalue weighted by atomic mass is 9.91. The van der Waals surface area contributed by atoms with E-state index in [2.05, 4.69) is 33.0 Å². The highest BCUT2D eigenvalue weighted by atomic mass is 19.1. The molecule has 2 heterocycles. The van der Waals surface area contributed by atoms with Gasteiger partial charge in [-0.05, 0) is 12.5 Å². The lowest BCUT2D eigenvalue weighted by Gasteiger charge is -2.27. The summed E-state index contributed by atoms with van der Waals surface area (Å²) in [5.41, 5.74) is 0.154. The molecule has 0 spiro atoms. The molecule has 3 unspecified atom stereocenters. The summed E-state index contributed by atoms with van der Waals surface area (Å²) >= 11 is 0. The zero-order valence-corrected chi connectivity index (χ0v) is 18.8. The van der Waals surface area contributed by atoms with Crippen molar-refractivity contribution in [3.8, 4) is 0 Å². The van der Waals surface area contributed by atoms with Gasteiger partial charge in [0, 0.05) is 17.9 Å². The molecular weight excluding hydrogens is 387 g/mol. The minimum atomic E-state index is -1.33. The molecule has 0 saturated carbocycles. The molecule has 4 amide bonds. The fourth-order valence-electron chi connectivity index (χ4n) is 3.14. The molecular formula is C23H35FN2O4. The van der Waals surface area contributed by atoms with Gasteiger partial charge in [0.2, 0.25) is 11.8 Å². The number of rotatable bonds is 4. The van der Waals surface area contributed by atoms with E-state index in [4.69, 9.17) is 0 Å². The Bertz CT molecular complexity index is 674. The van der Waals surface area contributed by atoms with E-state index in [-0.39, 0.29) is 24.0 Å². The fourth-order valence-corrected chi connectivity index (χ4v) is 3.14. The van der Waals surface area contributed by atoms with E-state index < -0.39 is 41.8 Å². The summed E-state index contributed by atoms with van der Waals surface area (Å²) in [5.74, 6) is -2.86. The summed E-state index contributed by atoms with van der Waals surface area (Å²) in [6, 6.07) is -1.01. The minimum absolute atomic E-state index is 0.00954. The van der Waals surface area contributed by atoms with Crippen LogP contribution in [0, 0.1) is 5.92 Å². The third kappa shape index (κ3) is 6.34. The molecule has 3 rings (SSSR count). The van der Waals surface area contributed by atoms with E-state index in [0.29, 0.717) is 0 Å². The van der Waals surface area contributed by atoms with E-state index in [1.54, 1.807) is 6.92 Å². The van der Waals surface area contributed by atoms with Gasteiger partial charge >= 0.3 is 0 Å². The van der Waals surface area contributed by atoms with Crippen LogP contribution in [-0.2, 0) is 19.2 Å². The monoisotopic (exact) mass is 422 g/mol. The average molecular weight is 423 g/mol. The number of amides is 4. The third-order valence-corrected chi connectivity index (χ3v) is 5.18. The van der Waals surface area contributed by atoms with Crippen LogP contribution in [0.15, 0.2) is 23.3 Å². The van der Waals surface area contributed by atoms with Crippen molar-refractivity contribution in [3.63, 3.8) is 0 Å². The second-order valence-electron chi connectivity index (χ2n) is 7.76. The Kier molecular flexibility index (Phi) is 10.6. The number of hydrogen-bond donors (Lipinski definition) is 1. The Morgan fingerprint density at radius 3 is 1.90 bits per heavy atom. The van der Waals surface area contributed by atoms with Gasteiger partial charge < -0.3 is 0 Å². The summed E-state index contributed by atoms with van der Waals surface area (Å²) < 4.78 is 13.7. The van der Waals surface area contributed by atoms with Crippen molar-refractivity contribution in [2.45, 2.75) is 91.8 Å². The van der Waals surface area contributed by atoms with Gasteiger partial charge in [-0.3, -0.25) is 29.4 Å². The van der Waals surface area contributed by atoms with Gasteiger partial charge in [-0.1, -0.05) is 72.8 Å². The quantitative estimate of drug-likeness (QED) is 0.694. The van der Waals surface area contributed by atoms with Crippen molar-refractivity contribution in [1.82, 2.24) is 10.2 Å². The number of likely N-dealkylation sites (tertiary alicyclic amines) is 1. The van der Waals surface area contributed by atoms with Gasteiger partial charge in [-0.25, -0.2) is 4.39 Å². The fraction of sp³-hybridized carbons (Fsp3) is 0.652. The zero-order chi connectivity index (χ0) is 22.8. The second kappa shape index (κ2) is 12.4. The number of halogens is 1. The molecule has 0 bridgehead atoms. The molecule has 0 radical (unpaired) electrons. The van der Waals surface area contributed by atoms with E-state index in [1.165, 1.54) is 38.2 Å². The molecule has 0 aromatic carbocycles. The predicted octanol–water partition coefficient (Wildman–Crippen LogP) is 4.00. The number of carbonyl (C=O) groups is 4. The first-order valence-corrected chi connectivity index (χ1v) is 11.0. The van der Waals surface area contributed by atoms with E-state index >= 15 is 0 Å². The van der Waals surface area contributed by atoms with Gasteiger partial charge in [0.1, 0.15) is 12.2 Å². The maximum atomic E-state index is 13.7. The number of unbranched alkanes of at least 4 members (excludes halogenated alkanes) is 3. The topological polar surface area (TPSA) is 83.6 Å². The summed E-state index contributed by atoms with van der Waals surface area (Å²) in [7, 11) is 0. The van der Waals surface area contributed by atoms with Crippen molar-refractivity contribution < 1.29 is 23.6 Å². The molecule has 7 heteroatoms. The number of allylic oxidation sites excluding steroid dienone is 2. The van der Waals surface area contributed by atoms with Crippen LogP contribution in [0.1, 0.15) is 79.6 Å². The first-order chi connectivity index (χ1) is 14.2. The van der Waals surface area contributed by atoms with Crippen LogP contribution in [-0.4, -0.2) is 40.7 Å². The van der Waals surface area contributed by atoms with Crippen molar-refractivity contribution in [1.29, 1.82) is 0 Å². The molecule has 168 valence electrons. The highest BCUT2D eigenvalue weighted by molar-refractivity contribution is 6.26. The van der Waals surface area contributed by atoms with E-state index in [9.17, 15) is 23.6 Å². The van der Waals surface area contributed by atoms with Gasteiger partial charge in [0.25, 0.3) is 11.8 Å². The number of fused-ring (bicyclic) bond motifs is 1. The van der Waals surface area contributed by atoms with Crippen molar-refractivity contribution >= 4 is 23.6 Å². The van der Waals surface area contributed by atoms with Crippen LogP contribution in [0.4, 0.5) is 4.39 Å². The largest absolute Gasteiger partial charge is 0.295 e. The number of alkyl halides is 1. The molecule has 0 aromatic heterocycles. The highest BCUT2D eigenvalue weighted by Gasteiger charge is 2.48. The first kappa shape index (κ1) is 25.7. The molecule has 1 aliphatic carbocycles. The number of carbonyl (C=O) groups excluding carboxylic acids is 4. The van der Waals surface area contributed by atoms with Gasteiger partial charge in [-0.15, -0.1) is 0 Å². The molecule has 3 aliphatic rings. The molecule has 3 atom stereocenters. The van der Waals surface area contributed by atoms with Crippen LogP contribution in [0.5, 0.6) is 0 Å². The van der Waals surface area contributed by atoms with Crippen LogP contribution in [0.2, 0.25) is 0 Å². The number of hydrogen-bond acceptors (Lipinski definition) is 4. The van der Waals surface area contributed by atoms with Gasteiger partial charge in [-0.2, -0.15) is 0 Å². The third-order valence-electron chi connectivity index (χ3n) is 5.18. The Balaban J connectivity index is 0.000000425. The van der Waals surface area contributed by atoms with Crippen LogP contribution >= 0.6 is 0 Å². The zero-order valence-electron chi connectivity index (χ0n) is 18.8. The summed E-state index contributed by atoms with van der Waals surface area (Å²) in [6.07, 6.45) is 8.10. The molecule has 0 aromatic rings. The van der Waals surface area contributed by atoms with Crippen molar-refractivity contribution in [2.24, 2.45) is 5.92 Å². The number of nitrogens with zero attached hydrogens (tertiary/aromatic N) is 1. The predicted molar refractivity (Wildman–Crippen MR) is 114 cm³/mol. The summed E-state index contributed by atoms with van der Waals surface area (Å²) in [6.45, 7) is 10.4. The van der Waals surface area contributed by atoms with Crippen LogP contribution in [0.25, 0.3) is 0 Å². The van der Waals surface area contributed by atoms with Gasteiger partial charge in [0.05, 0.1) is 5.57 Å². The smallest absolute Gasteiger partial charge is 0.262 e. The van der Waals surface area contributed by atoms with Gasteiger partial charge in [0.15, 0.2) is 0 Å². The molecule has 2 fully saturated rings. The number of piperidine rings is 1. The number of nitrogens with one attached hydrogen (secondary N) is 1. The molecule has 2 saturated heterocycles. The maximum absolute atomic E-state index is 13.7. The highest BCUT2D eigenvalue weighted by Crippen LogP contribution is 2.35. The summed E-state index contributed by atoms with van der Waals surface area (Å²) in [5, 5.41) is 2.11. The molecule has 1 N–H and O–H groups in total. The Hall–Kier alpha value is -2.31. The van der Waals surface area contributed by atoms with Crippen LogP contribution < -0.4 is 5.32 Å². The Labute approximate surface area is 179 Å². The standard InChI is InChI=1S/C14H13FN2O4.C5H12.C4H10/c1-6-4-7-8(5-9(6)15)14(21)17(13(7)20)10-2-3-11(18)16-12(10)19;1-3-5-4-2;1-3-4-2/h4-6,9-10H,2-3H2,1H3,(H,16,18,19);3-5H2,1-2H3;3-4H2,1-2H3. The lowest BCUT2D eigenvalue weighted by Crippen LogP contribution is -2.54. The first-order valence-electron chi connectivity index (χ1n) is 11.0. The van der Waals surface area contributed by atoms with Crippen LogP contribution in [0.3, 0.4) is 0 Å². The average Bonchev–Trinajstić information content (AvgIpc) is 2.94. The molecule has 2 aliphatic heterocycles. The Morgan fingerprint density at radius 1 is 0.933 bits per heavy atom. The van der Waals surface area contributed by atoms with E-state index in [0.717, 1.165) is 11.0 Å². The second-order valence-corrected chi connectivity index (χ2v) is 7.76. The van der Waals surface area contributed by atoms with Crippen molar-refractivity contribution in [3.05, 3.63) is 23.3 Å². The SMILES string of the molecule is CC1C=C2C(=O)N(C3CCC(=O)NC3=O)C(=O)C2=CC1F.CCCC.CCCCC. The Morgan fingerprint density at radius 2 is 1.47 bits per heavy atom. The molecule has 6 nitrogen and oxygen atoms in total. The summed E-state index contributed by atoms with van der Waals surface area (Å²) in [4.78, 5) is 48.4. The van der Waals surface area contributed by atoms with E-state index in [1.807, 2.05) is 0 Å². The lowest BCUT2D eigenvalue weighted by molar-refractivity contribution is -0.149. The molecule has 30 heavy (non-hydrogen) atoms. The maximum Gasteiger partial charge on any atom is 0.262 e. The number of imide groups is 2. The normalized spacial score (nSPS) is 25.3. The van der Waals surface area contributed by atoms with Crippen molar-refractivity contribution in [2.75, 3.05) is 0 Å². The minimum Gasteiger partial charge on any atom is -0.295 e.